The van der Waals surface area contributed by atoms with Crippen LogP contribution < -0.4 is 14.2 Å². The first kappa shape index (κ1) is 35.7. The number of aromatic nitrogens is 1. The molecular weight excluding hydrogens is 658 g/mol. The van der Waals surface area contributed by atoms with E-state index in [1.54, 1.807) is 18.3 Å². The Kier molecular flexibility index (Phi) is 12.0. The molecule has 7 nitrogen and oxygen atoms in total. The van der Waals surface area contributed by atoms with E-state index < -0.39 is 0 Å². The largest absolute Gasteiger partial charge is 0.493 e. The molecule has 1 aromatic heterocycles. The second-order valence-electron chi connectivity index (χ2n) is 13.0. The van der Waals surface area contributed by atoms with E-state index >= 15 is 0 Å². The van der Waals surface area contributed by atoms with Crippen molar-refractivity contribution in [3.63, 3.8) is 0 Å². The Morgan fingerprint density at radius 2 is 1.41 bits per heavy atom. The summed E-state index contributed by atoms with van der Waals surface area (Å²) >= 11 is 6.60. The number of aryl methyl sites for hydroxylation is 3. The highest BCUT2D eigenvalue weighted by atomic mass is 35.5. The number of piperazine rings is 1. The first-order valence-electron chi connectivity index (χ1n) is 17.4. The number of hydrogen-bond acceptors (Lipinski definition) is 6. The van der Waals surface area contributed by atoms with Gasteiger partial charge in [0.2, 0.25) is 11.8 Å². The van der Waals surface area contributed by atoms with Crippen molar-refractivity contribution in [1.29, 1.82) is 0 Å². The minimum Gasteiger partial charge on any atom is -0.493 e. The van der Waals surface area contributed by atoms with E-state index in [-0.39, 0.29) is 5.91 Å². The number of hydrogen-bond donors (Lipinski definition) is 0. The molecule has 0 atom stereocenters. The van der Waals surface area contributed by atoms with Crippen LogP contribution in [-0.4, -0.2) is 53.5 Å². The lowest BCUT2D eigenvalue weighted by Crippen LogP contribution is -2.47. The molecule has 2 heterocycles. The normalized spacial score (nSPS) is 13.4. The minimum atomic E-state index is -0.00315. The minimum absolute atomic E-state index is 0.00315. The highest BCUT2D eigenvalue weighted by Crippen LogP contribution is 2.32. The molecule has 5 aromatic rings. The molecule has 1 fully saturated rings. The Hall–Kier alpha value is -5.11. The van der Waals surface area contributed by atoms with Crippen LogP contribution in [0.4, 0.5) is 0 Å². The third kappa shape index (κ3) is 10.5. The first-order chi connectivity index (χ1) is 24.8. The van der Waals surface area contributed by atoms with Crippen LogP contribution >= 0.6 is 11.6 Å². The van der Waals surface area contributed by atoms with Gasteiger partial charge in [-0.15, -0.1) is 0 Å². The molecule has 6 rings (SSSR count). The van der Waals surface area contributed by atoms with Crippen LogP contribution in [0, 0.1) is 20.8 Å². The zero-order chi connectivity index (χ0) is 35.6. The lowest BCUT2D eigenvalue weighted by Gasteiger charge is -2.34. The fourth-order valence-corrected chi connectivity index (χ4v) is 6.00. The van der Waals surface area contributed by atoms with Gasteiger partial charge >= 0.3 is 0 Å². The summed E-state index contributed by atoms with van der Waals surface area (Å²) in [5.74, 6) is 2.46. The van der Waals surface area contributed by atoms with E-state index in [1.807, 2.05) is 60.4 Å². The van der Waals surface area contributed by atoms with E-state index in [0.717, 1.165) is 48.5 Å². The average molecular weight is 702 g/mol. The second kappa shape index (κ2) is 17.2. The third-order valence-electron chi connectivity index (χ3n) is 8.97. The Labute approximate surface area is 306 Å². The maximum Gasteiger partial charge on any atom is 0.246 e. The summed E-state index contributed by atoms with van der Waals surface area (Å²) in [6.45, 7) is 11.1. The van der Waals surface area contributed by atoms with Crippen molar-refractivity contribution < 1.29 is 19.0 Å². The zero-order valence-electron chi connectivity index (χ0n) is 29.5. The lowest BCUT2D eigenvalue weighted by molar-refractivity contribution is -0.127. The van der Waals surface area contributed by atoms with Crippen LogP contribution in [-0.2, 0) is 24.4 Å². The molecule has 1 aliphatic heterocycles. The van der Waals surface area contributed by atoms with Gasteiger partial charge < -0.3 is 19.1 Å². The van der Waals surface area contributed by atoms with Gasteiger partial charge in [-0.05, 0) is 85.0 Å². The van der Waals surface area contributed by atoms with Gasteiger partial charge in [0.15, 0.2) is 0 Å². The molecule has 0 aliphatic carbocycles. The van der Waals surface area contributed by atoms with E-state index in [4.69, 9.17) is 25.8 Å². The number of pyridine rings is 1. The number of carbonyl (C=O) groups excluding carboxylic acids is 1. The summed E-state index contributed by atoms with van der Waals surface area (Å²) in [7, 11) is 0. The summed E-state index contributed by atoms with van der Waals surface area (Å²) in [5.41, 5.74) is 7.86. The van der Waals surface area contributed by atoms with Crippen LogP contribution in [0.2, 0.25) is 5.02 Å². The van der Waals surface area contributed by atoms with Crippen molar-refractivity contribution in [2.75, 3.05) is 32.8 Å². The molecule has 0 bridgehead atoms. The van der Waals surface area contributed by atoms with Crippen molar-refractivity contribution in [3.8, 4) is 23.1 Å². The summed E-state index contributed by atoms with van der Waals surface area (Å²) in [6.07, 6.45) is 5.96. The fourth-order valence-electron chi connectivity index (χ4n) is 5.79. The molecule has 0 N–H and O–H groups in total. The Morgan fingerprint density at radius 1 is 0.765 bits per heavy atom. The summed E-state index contributed by atoms with van der Waals surface area (Å²) in [4.78, 5) is 21.7. The van der Waals surface area contributed by atoms with E-state index in [9.17, 15) is 4.79 Å². The second-order valence-corrected chi connectivity index (χ2v) is 13.4. The average Bonchev–Trinajstić information content (AvgIpc) is 3.14. The van der Waals surface area contributed by atoms with Gasteiger partial charge in [0, 0.05) is 51.3 Å². The summed E-state index contributed by atoms with van der Waals surface area (Å²) in [6, 6.07) is 32.4. The topological polar surface area (TPSA) is 64.1 Å². The van der Waals surface area contributed by atoms with Crippen LogP contribution in [0.15, 0.2) is 109 Å². The monoisotopic (exact) mass is 701 g/mol. The van der Waals surface area contributed by atoms with E-state index in [2.05, 4.69) is 72.3 Å². The van der Waals surface area contributed by atoms with Gasteiger partial charge in [0.1, 0.15) is 23.9 Å². The molecule has 0 spiro atoms. The van der Waals surface area contributed by atoms with Crippen LogP contribution in [0.1, 0.15) is 38.9 Å². The van der Waals surface area contributed by atoms with Crippen LogP contribution in [0.3, 0.4) is 0 Å². The molecule has 262 valence electrons. The third-order valence-corrected chi connectivity index (χ3v) is 9.26. The van der Waals surface area contributed by atoms with Gasteiger partial charge in [-0.3, -0.25) is 9.69 Å². The molecule has 1 saturated heterocycles. The molecular formula is C43H44ClN3O4. The quantitative estimate of drug-likeness (QED) is 0.114. The van der Waals surface area contributed by atoms with Crippen molar-refractivity contribution in [2.45, 2.75) is 40.3 Å². The number of amides is 1. The molecule has 1 aliphatic rings. The molecule has 51 heavy (non-hydrogen) atoms. The van der Waals surface area contributed by atoms with E-state index in [1.165, 1.54) is 22.3 Å². The highest BCUT2D eigenvalue weighted by Gasteiger charge is 2.20. The number of halogens is 1. The highest BCUT2D eigenvalue weighted by molar-refractivity contribution is 6.32. The SMILES string of the molecule is Cc1ccc(COc2ccc(Oc3cc(C)c(C=CC(=O)N4CCN(Cc5ccc(CCOc6ccc(C)cc6)cc5)CC4)cc3Cl)nc2)cc1. The van der Waals surface area contributed by atoms with Crippen molar-refractivity contribution in [1.82, 2.24) is 14.8 Å². The molecule has 0 saturated carbocycles. The predicted octanol–water partition coefficient (Wildman–Crippen LogP) is 9.01. The van der Waals surface area contributed by atoms with Gasteiger partial charge in [-0.25, -0.2) is 4.98 Å². The molecule has 1 amide bonds. The zero-order valence-corrected chi connectivity index (χ0v) is 30.2. The smallest absolute Gasteiger partial charge is 0.246 e. The lowest BCUT2D eigenvalue weighted by atomic mass is 10.1. The fraction of sp³-hybridized carbons (Fsp3) is 0.256. The maximum atomic E-state index is 13.1. The van der Waals surface area contributed by atoms with Gasteiger partial charge in [-0.1, -0.05) is 83.4 Å². The van der Waals surface area contributed by atoms with Crippen LogP contribution in [0.5, 0.6) is 23.1 Å². The van der Waals surface area contributed by atoms with Gasteiger partial charge in [0.05, 0.1) is 17.8 Å². The van der Waals surface area contributed by atoms with Crippen molar-refractivity contribution in [2.24, 2.45) is 0 Å². The molecule has 8 heteroatoms. The Morgan fingerprint density at radius 3 is 2.10 bits per heavy atom. The van der Waals surface area contributed by atoms with Gasteiger partial charge in [-0.2, -0.15) is 0 Å². The molecule has 0 unspecified atom stereocenters. The van der Waals surface area contributed by atoms with Gasteiger partial charge in [0.25, 0.3) is 0 Å². The first-order valence-corrected chi connectivity index (χ1v) is 17.7. The predicted molar refractivity (Wildman–Crippen MR) is 204 cm³/mol. The molecule has 0 radical (unpaired) electrons. The van der Waals surface area contributed by atoms with E-state index in [0.29, 0.717) is 48.7 Å². The summed E-state index contributed by atoms with van der Waals surface area (Å²) in [5, 5.41) is 0.437. The Bertz CT molecular complexity index is 1920. The number of benzene rings is 4. The summed E-state index contributed by atoms with van der Waals surface area (Å²) < 4.78 is 17.7. The number of ether oxygens (including phenoxy) is 3. The number of nitrogens with zero attached hydrogens (tertiary/aromatic N) is 3. The maximum absolute atomic E-state index is 13.1. The van der Waals surface area contributed by atoms with Crippen molar-refractivity contribution >= 4 is 23.6 Å². The number of rotatable bonds is 13. The van der Waals surface area contributed by atoms with Crippen LogP contribution in [0.25, 0.3) is 6.08 Å². The molecule has 4 aromatic carbocycles. The number of carbonyl (C=O) groups is 1. The Balaban J connectivity index is 0.932. The standard InChI is InChI=1S/C43H44ClN3O4/c1-31-4-8-36(9-5-31)30-50-39-17-18-42(45-28-39)51-41-26-33(3)37(27-40(41)44)14-19-43(48)47-23-21-46(22-24-47)29-35-12-10-34(11-13-35)20-25-49-38-15-6-32(2)7-16-38/h4-19,26-28H,20-25,29-30H2,1-3H3. The van der Waals surface area contributed by atoms with Crippen molar-refractivity contribution in [3.05, 3.63) is 153 Å².